The maximum atomic E-state index is 2.61. The fourth-order valence-electron chi connectivity index (χ4n) is 2.50. The molecule has 0 unspecified atom stereocenters. The molecule has 1 aliphatic carbocycles. The van der Waals surface area contributed by atoms with Gasteiger partial charge in [0.25, 0.3) is 0 Å². The highest BCUT2D eigenvalue weighted by atomic mass is 15.4. The van der Waals surface area contributed by atoms with Crippen molar-refractivity contribution in [3.05, 3.63) is 0 Å². The monoisotopic (exact) mass is 168 g/mol. The first kappa shape index (κ1) is 8.52. The van der Waals surface area contributed by atoms with Gasteiger partial charge in [0, 0.05) is 19.6 Å². The third-order valence-corrected chi connectivity index (χ3v) is 3.23. The van der Waals surface area contributed by atoms with Gasteiger partial charge in [0.2, 0.25) is 0 Å². The minimum atomic E-state index is 1.02. The zero-order chi connectivity index (χ0) is 8.39. The minimum Gasteiger partial charge on any atom is -0.292 e. The average Bonchev–Trinajstić information content (AvgIpc) is 2.63. The summed E-state index contributed by atoms with van der Waals surface area (Å²) in [5, 5.41) is 0. The van der Waals surface area contributed by atoms with Crippen LogP contribution in [-0.2, 0) is 0 Å². The molecule has 2 fully saturated rings. The third-order valence-electron chi connectivity index (χ3n) is 3.23. The normalized spacial score (nSPS) is 28.8. The van der Waals surface area contributed by atoms with Crippen molar-refractivity contribution in [3.63, 3.8) is 0 Å². The molecule has 2 rings (SSSR count). The van der Waals surface area contributed by atoms with Crippen LogP contribution in [0.5, 0.6) is 0 Å². The van der Waals surface area contributed by atoms with E-state index in [2.05, 4.69) is 16.8 Å². The first-order chi connectivity index (χ1) is 5.84. The van der Waals surface area contributed by atoms with Crippen LogP contribution in [-0.4, -0.2) is 43.2 Å². The van der Waals surface area contributed by atoms with Crippen molar-refractivity contribution in [2.45, 2.75) is 25.7 Å². The van der Waals surface area contributed by atoms with Crippen LogP contribution >= 0.6 is 0 Å². The summed E-state index contributed by atoms with van der Waals surface area (Å²) in [4.78, 5) is 5.02. The first-order valence-electron chi connectivity index (χ1n) is 5.25. The lowest BCUT2D eigenvalue weighted by Gasteiger charge is -2.19. The van der Waals surface area contributed by atoms with Crippen LogP contribution in [0.1, 0.15) is 25.7 Å². The Labute approximate surface area is 75.5 Å². The average molecular weight is 168 g/mol. The van der Waals surface area contributed by atoms with Crippen LogP contribution < -0.4 is 0 Å². The highest BCUT2D eigenvalue weighted by Crippen LogP contribution is 2.25. The van der Waals surface area contributed by atoms with E-state index in [1.807, 2.05) is 0 Å². The number of rotatable bonds is 2. The van der Waals surface area contributed by atoms with Crippen LogP contribution in [0.2, 0.25) is 0 Å². The zero-order valence-corrected chi connectivity index (χ0v) is 8.13. The summed E-state index contributed by atoms with van der Waals surface area (Å²) in [6.45, 7) is 5.14. The maximum Gasteiger partial charge on any atom is 0.0504 e. The molecule has 0 spiro atoms. The summed E-state index contributed by atoms with van der Waals surface area (Å²) < 4.78 is 0. The molecule has 12 heavy (non-hydrogen) atoms. The van der Waals surface area contributed by atoms with Gasteiger partial charge in [-0.1, -0.05) is 12.8 Å². The van der Waals surface area contributed by atoms with Crippen LogP contribution in [0, 0.1) is 5.92 Å². The quantitative estimate of drug-likeness (QED) is 0.614. The van der Waals surface area contributed by atoms with E-state index in [4.69, 9.17) is 0 Å². The minimum absolute atomic E-state index is 1.02. The lowest BCUT2D eigenvalue weighted by atomic mass is 10.1. The predicted molar refractivity (Wildman–Crippen MR) is 51.0 cm³/mol. The SMILES string of the molecule is CN1CCN(CC2CCCC2)C1. The molecule has 2 heteroatoms. The largest absolute Gasteiger partial charge is 0.292 e. The van der Waals surface area contributed by atoms with Crippen molar-refractivity contribution in [1.82, 2.24) is 9.80 Å². The lowest BCUT2D eigenvalue weighted by molar-refractivity contribution is 0.238. The van der Waals surface area contributed by atoms with E-state index < -0.39 is 0 Å². The van der Waals surface area contributed by atoms with E-state index in [1.54, 1.807) is 0 Å². The van der Waals surface area contributed by atoms with Gasteiger partial charge in [0.15, 0.2) is 0 Å². The Kier molecular flexibility index (Phi) is 2.66. The van der Waals surface area contributed by atoms with E-state index >= 15 is 0 Å². The smallest absolute Gasteiger partial charge is 0.0504 e. The molecule has 2 aliphatic rings. The van der Waals surface area contributed by atoms with Crippen LogP contribution in [0.25, 0.3) is 0 Å². The summed E-state index contributed by atoms with van der Waals surface area (Å²) in [7, 11) is 2.22. The summed E-state index contributed by atoms with van der Waals surface area (Å²) >= 11 is 0. The Morgan fingerprint density at radius 3 is 2.50 bits per heavy atom. The Morgan fingerprint density at radius 1 is 1.17 bits per heavy atom. The van der Waals surface area contributed by atoms with Crippen molar-refractivity contribution in [2.75, 3.05) is 33.4 Å². The van der Waals surface area contributed by atoms with Crippen molar-refractivity contribution in [1.29, 1.82) is 0 Å². The number of likely N-dealkylation sites (N-methyl/N-ethyl adjacent to an activating group) is 1. The Morgan fingerprint density at radius 2 is 1.92 bits per heavy atom. The molecule has 0 aromatic carbocycles. The molecule has 0 aromatic heterocycles. The second-order valence-electron chi connectivity index (χ2n) is 4.45. The van der Waals surface area contributed by atoms with Gasteiger partial charge in [0.1, 0.15) is 0 Å². The van der Waals surface area contributed by atoms with Crippen molar-refractivity contribution in [3.8, 4) is 0 Å². The van der Waals surface area contributed by atoms with Gasteiger partial charge in [0.05, 0.1) is 6.67 Å². The predicted octanol–water partition coefficient (Wildman–Crippen LogP) is 1.38. The number of nitrogens with zero attached hydrogens (tertiary/aromatic N) is 2. The molecule has 0 bridgehead atoms. The summed E-state index contributed by atoms with van der Waals surface area (Å²) in [5.74, 6) is 1.02. The van der Waals surface area contributed by atoms with Crippen LogP contribution in [0.15, 0.2) is 0 Å². The zero-order valence-electron chi connectivity index (χ0n) is 8.13. The topological polar surface area (TPSA) is 6.48 Å². The molecule has 0 N–H and O–H groups in total. The Balaban J connectivity index is 1.72. The van der Waals surface area contributed by atoms with Crippen molar-refractivity contribution < 1.29 is 0 Å². The number of hydrogen-bond donors (Lipinski definition) is 0. The second kappa shape index (κ2) is 3.75. The standard InChI is InChI=1S/C10H20N2/c1-11-6-7-12(9-11)8-10-4-2-3-5-10/h10H,2-9H2,1H3. The molecule has 0 amide bonds. The van der Waals surface area contributed by atoms with Gasteiger partial charge in [-0.25, -0.2) is 0 Å². The fourth-order valence-corrected chi connectivity index (χ4v) is 2.50. The van der Waals surface area contributed by atoms with Crippen molar-refractivity contribution >= 4 is 0 Å². The summed E-state index contributed by atoms with van der Waals surface area (Å²) in [5.41, 5.74) is 0. The third kappa shape index (κ3) is 1.99. The highest BCUT2D eigenvalue weighted by Gasteiger charge is 2.22. The van der Waals surface area contributed by atoms with E-state index in [0.717, 1.165) is 5.92 Å². The molecule has 1 heterocycles. The molecule has 2 nitrogen and oxygen atoms in total. The van der Waals surface area contributed by atoms with Gasteiger partial charge >= 0.3 is 0 Å². The molecule has 0 aromatic rings. The molecule has 70 valence electrons. The van der Waals surface area contributed by atoms with E-state index in [9.17, 15) is 0 Å². The summed E-state index contributed by atoms with van der Waals surface area (Å²) in [6.07, 6.45) is 5.93. The van der Waals surface area contributed by atoms with Gasteiger partial charge in [-0.3, -0.25) is 9.80 Å². The van der Waals surface area contributed by atoms with Crippen LogP contribution in [0.3, 0.4) is 0 Å². The van der Waals surface area contributed by atoms with Crippen molar-refractivity contribution in [2.24, 2.45) is 5.92 Å². The number of hydrogen-bond acceptors (Lipinski definition) is 2. The van der Waals surface area contributed by atoms with E-state index in [-0.39, 0.29) is 0 Å². The molecule has 1 saturated carbocycles. The molecule has 0 atom stereocenters. The molecular weight excluding hydrogens is 148 g/mol. The van der Waals surface area contributed by atoms with E-state index in [1.165, 1.54) is 52.0 Å². The first-order valence-corrected chi connectivity index (χ1v) is 5.25. The fraction of sp³-hybridized carbons (Fsp3) is 1.00. The lowest BCUT2D eigenvalue weighted by Crippen LogP contribution is -2.27. The Bertz CT molecular complexity index is 141. The molecule has 1 saturated heterocycles. The maximum absolute atomic E-state index is 2.61. The van der Waals surface area contributed by atoms with Crippen LogP contribution in [0.4, 0.5) is 0 Å². The van der Waals surface area contributed by atoms with Gasteiger partial charge < -0.3 is 0 Å². The molecule has 1 aliphatic heterocycles. The van der Waals surface area contributed by atoms with Gasteiger partial charge in [-0.15, -0.1) is 0 Å². The summed E-state index contributed by atoms with van der Waals surface area (Å²) in [6, 6.07) is 0. The molecular formula is C10H20N2. The Hall–Kier alpha value is -0.0800. The van der Waals surface area contributed by atoms with Gasteiger partial charge in [-0.2, -0.15) is 0 Å². The second-order valence-corrected chi connectivity index (χ2v) is 4.45. The van der Waals surface area contributed by atoms with Gasteiger partial charge in [-0.05, 0) is 25.8 Å². The van der Waals surface area contributed by atoms with E-state index in [0.29, 0.717) is 0 Å². The highest BCUT2D eigenvalue weighted by molar-refractivity contribution is 4.75. The molecule has 0 radical (unpaired) electrons.